The second-order valence-corrected chi connectivity index (χ2v) is 7.04. The van der Waals surface area contributed by atoms with E-state index in [9.17, 15) is 4.79 Å². The Hall–Kier alpha value is -1.02. The van der Waals surface area contributed by atoms with Gasteiger partial charge in [0, 0.05) is 18.0 Å². The number of hydrogen-bond acceptors (Lipinski definition) is 1. The Kier molecular flexibility index (Phi) is 5.03. The van der Waals surface area contributed by atoms with Crippen molar-refractivity contribution >= 4 is 17.5 Å². The third-order valence-corrected chi connectivity index (χ3v) is 3.79. The predicted octanol–water partition coefficient (Wildman–Crippen LogP) is 3.98. The average Bonchev–Trinajstić information content (AvgIpc) is 2.35. The first-order chi connectivity index (χ1) is 8.67. The molecule has 0 heterocycles. The van der Waals surface area contributed by atoms with Gasteiger partial charge >= 0.3 is 0 Å². The fourth-order valence-corrected chi connectivity index (χ4v) is 1.89. The molecule has 0 aliphatic rings. The normalized spacial score (nSPS) is 12.3. The first-order valence-electron chi connectivity index (χ1n) is 6.61. The summed E-state index contributed by atoms with van der Waals surface area (Å²) in [5, 5.41) is 2.98. The summed E-state index contributed by atoms with van der Waals surface area (Å²) in [6, 6.07) is 7.77. The van der Waals surface area contributed by atoms with Gasteiger partial charge in [-0.2, -0.15) is 0 Å². The highest BCUT2D eigenvalue weighted by Gasteiger charge is 2.23. The standard InChI is InChI=1S/C16H24ClNO/c1-15(2,3)13-9-7-6-8-12(13)14(19)18-11-16(4,5)10-17/h6-9H,10-11H2,1-5H3,(H,18,19). The number of nitrogens with one attached hydrogen (secondary N) is 1. The van der Waals surface area contributed by atoms with Gasteiger partial charge in [-0.25, -0.2) is 0 Å². The van der Waals surface area contributed by atoms with Gasteiger partial charge in [-0.1, -0.05) is 52.8 Å². The molecule has 0 aromatic heterocycles. The van der Waals surface area contributed by atoms with Crippen molar-refractivity contribution in [3.05, 3.63) is 35.4 Å². The van der Waals surface area contributed by atoms with Gasteiger partial charge in [-0.3, -0.25) is 4.79 Å². The molecule has 0 atom stereocenters. The van der Waals surface area contributed by atoms with Crippen molar-refractivity contribution in [2.24, 2.45) is 5.41 Å². The third kappa shape index (κ3) is 4.54. The molecule has 1 amide bonds. The molecule has 1 rings (SSSR count). The minimum Gasteiger partial charge on any atom is -0.351 e. The Morgan fingerprint density at radius 1 is 1.16 bits per heavy atom. The van der Waals surface area contributed by atoms with Crippen LogP contribution in [0.2, 0.25) is 0 Å². The molecule has 0 fully saturated rings. The number of hydrogen-bond donors (Lipinski definition) is 1. The molecule has 0 bridgehead atoms. The summed E-state index contributed by atoms with van der Waals surface area (Å²) in [7, 11) is 0. The summed E-state index contributed by atoms with van der Waals surface area (Å²) in [5.74, 6) is 0.498. The topological polar surface area (TPSA) is 29.1 Å². The quantitative estimate of drug-likeness (QED) is 0.831. The summed E-state index contributed by atoms with van der Waals surface area (Å²) in [6.07, 6.45) is 0. The number of alkyl halides is 1. The second-order valence-electron chi connectivity index (χ2n) is 6.78. The minimum absolute atomic E-state index is 0.0243. The monoisotopic (exact) mass is 281 g/mol. The molecule has 0 aliphatic carbocycles. The Labute approximate surface area is 121 Å². The van der Waals surface area contributed by atoms with Gasteiger partial charge in [0.1, 0.15) is 0 Å². The zero-order valence-corrected chi connectivity index (χ0v) is 13.3. The molecule has 2 nitrogen and oxygen atoms in total. The first kappa shape index (κ1) is 16.0. The van der Waals surface area contributed by atoms with Crippen molar-refractivity contribution in [2.75, 3.05) is 12.4 Å². The number of carbonyl (C=O) groups is 1. The molecule has 19 heavy (non-hydrogen) atoms. The molecule has 0 saturated heterocycles. The van der Waals surface area contributed by atoms with Gasteiger partial charge in [-0.05, 0) is 22.5 Å². The molecule has 1 aromatic rings. The Balaban J connectivity index is 2.90. The maximum Gasteiger partial charge on any atom is 0.251 e. The van der Waals surface area contributed by atoms with Crippen LogP contribution in [0.5, 0.6) is 0 Å². The molecular formula is C16H24ClNO. The maximum absolute atomic E-state index is 12.3. The number of halogens is 1. The lowest BCUT2D eigenvalue weighted by Gasteiger charge is -2.25. The van der Waals surface area contributed by atoms with Gasteiger partial charge < -0.3 is 5.32 Å². The van der Waals surface area contributed by atoms with Gasteiger partial charge in [0.25, 0.3) is 5.91 Å². The molecule has 106 valence electrons. The predicted molar refractivity (Wildman–Crippen MR) is 82.0 cm³/mol. The van der Waals surface area contributed by atoms with E-state index in [1.807, 2.05) is 38.1 Å². The summed E-state index contributed by atoms with van der Waals surface area (Å²) >= 11 is 5.88. The zero-order valence-electron chi connectivity index (χ0n) is 12.5. The Bertz CT molecular complexity index is 446. The van der Waals surface area contributed by atoms with Crippen LogP contribution in [-0.4, -0.2) is 18.3 Å². The molecular weight excluding hydrogens is 258 g/mol. The van der Waals surface area contributed by atoms with E-state index in [2.05, 4.69) is 26.1 Å². The highest BCUT2D eigenvalue weighted by Crippen LogP contribution is 2.25. The zero-order chi connectivity index (χ0) is 14.7. The third-order valence-electron chi connectivity index (χ3n) is 3.07. The van der Waals surface area contributed by atoms with Crippen molar-refractivity contribution in [1.29, 1.82) is 0 Å². The molecule has 0 unspecified atom stereocenters. The van der Waals surface area contributed by atoms with E-state index in [0.29, 0.717) is 12.4 Å². The molecule has 0 spiro atoms. The van der Waals surface area contributed by atoms with Crippen LogP contribution in [0.3, 0.4) is 0 Å². The van der Waals surface area contributed by atoms with Gasteiger partial charge in [-0.15, -0.1) is 11.6 Å². The van der Waals surface area contributed by atoms with Crippen molar-refractivity contribution < 1.29 is 4.79 Å². The van der Waals surface area contributed by atoms with Crippen LogP contribution in [0.4, 0.5) is 0 Å². The first-order valence-corrected chi connectivity index (χ1v) is 7.14. The number of amides is 1. The average molecular weight is 282 g/mol. The summed E-state index contributed by atoms with van der Waals surface area (Å²) < 4.78 is 0. The molecule has 1 aromatic carbocycles. The summed E-state index contributed by atoms with van der Waals surface area (Å²) in [4.78, 5) is 12.3. The van der Waals surface area contributed by atoms with Crippen LogP contribution in [-0.2, 0) is 5.41 Å². The summed E-state index contributed by atoms with van der Waals surface area (Å²) in [5.41, 5.74) is 1.68. The van der Waals surface area contributed by atoms with Gasteiger partial charge in [0.2, 0.25) is 0 Å². The number of benzene rings is 1. The molecule has 0 radical (unpaired) electrons. The highest BCUT2D eigenvalue weighted by molar-refractivity contribution is 6.18. The van der Waals surface area contributed by atoms with Crippen LogP contribution in [0.25, 0.3) is 0 Å². The molecule has 1 N–H and O–H groups in total. The fraction of sp³-hybridized carbons (Fsp3) is 0.562. The van der Waals surface area contributed by atoms with E-state index in [4.69, 9.17) is 11.6 Å². The highest BCUT2D eigenvalue weighted by atomic mass is 35.5. The van der Waals surface area contributed by atoms with E-state index >= 15 is 0 Å². The smallest absolute Gasteiger partial charge is 0.251 e. The number of rotatable bonds is 4. The van der Waals surface area contributed by atoms with Crippen molar-refractivity contribution in [3.63, 3.8) is 0 Å². The van der Waals surface area contributed by atoms with E-state index in [1.54, 1.807) is 0 Å². The second kappa shape index (κ2) is 5.96. The largest absolute Gasteiger partial charge is 0.351 e. The maximum atomic E-state index is 12.3. The SMILES string of the molecule is CC(C)(CCl)CNC(=O)c1ccccc1C(C)(C)C. The molecule has 0 aliphatic heterocycles. The van der Waals surface area contributed by atoms with Crippen LogP contribution < -0.4 is 5.32 Å². The van der Waals surface area contributed by atoms with Crippen LogP contribution >= 0.6 is 11.6 Å². The lowest BCUT2D eigenvalue weighted by molar-refractivity contribution is 0.0937. The number of carbonyl (C=O) groups excluding carboxylic acids is 1. The Morgan fingerprint density at radius 3 is 2.26 bits per heavy atom. The van der Waals surface area contributed by atoms with Crippen molar-refractivity contribution in [3.8, 4) is 0 Å². The minimum atomic E-state index is -0.0894. The summed E-state index contributed by atoms with van der Waals surface area (Å²) in [6.45, 7) is 11.0. The van der Waals surface area contributed by atoms with Crippen LogP contribution in [0.1, 0.15) is 50.5 Å². The van der Waals surface area contributed by atoms with E-state index in [-0.39, 0.29) is 16.7 Å². The van der Waals surface area contributed by atoms with Gasteiger partial charge in [0.15, 0.2) is 0 Å². The van der Waals surface area contributed by atoms with Crippen molar-refractivity contribution in [1.82, 2.24) is 5.32 Å². The fourth-order valence-electron chi connectivity index (χ4n) is 1.80. The lowest BCUT2D eigenvalue weighted by Crippen LogP contribution is -2.36. The van der Waals surface area contributed by atoms with Crippen LogP contribution in [0.15, 0.2) is 24.3 Å². The molecule has 3 heteroatoms. The van der Waals surface area contributed by atoms with E-state index in [1.165, 1.54) is 0 Å². The van der Waals surface area contributed by atoms with Crippen LogP contribution in [0, 0.1) is 5.41 Å². The Morgan fingerprint density at radius 2 is 1.74 bits per heavy atom. The van der Waals surface area contributed by atoms with Crippen molar-refractivity contribution in [2.45, 2.75) is 40.0 Å². The lowest BCUT2D eigenvalue weighted by atomic mass is 9.83. The van der Waals surface area contributed by atoms with Gasteiger partial charge in [0.05, 0.1) is 0 Å². The molecule has 0 saturated carbocycles. The van der Waals surface area contributed by atoms with E-state index in [0.717, 1.165) is 11.1 Å². The van der Waals surface area contributed by atoms with E-state index < -0.39 is 0 Å².